The van der Waals surface area contributed by atoms with E-state index in [0.29, 0.717) is 15.8 Å². The first-order valence-corrected chi connectivity index (χ1v) is 6.83. The smallest absolute Gasteiger partial charge is 0.258 e. The number of ketones is 1. The largest absolute Gasteiger partial charge is 0.482 e. The summed E-state index contributed by atoms with van der Waals surface area (Å²) in [5.41, 5.74) is -0.479. The Hall–Kier alpha value is -1.26. The average Bonchev–Trinajstić information content (AvgIpc) is 2.33. The van der Waals surface area contributed by atoms with Crippen LogP contribution in [0, 0.1) is 5.41 Å². The molecule has 0 fully saturated rings. The molecule has 0 aromatic heterocycles. The molecule has 1 amide bonds. The Morgan fingerprint density at radius 3 is 2.45 bits per heavy atom. The minimum absolute atomic E-state index is 0.0138. The average molecular weight is 318 g/mol. The third kappa shape index (κ3) is 5.39. The summed E-state index contributed by atoms with van der Waals surface area (Å²) in [5.74, 6) is -0.0580. The zero-order chi connectivity index (χ0) is 15.3. The van der Waals surface area contributed by atoms with Crippen LogP contribution in [0.1, 0.15) is 20.8 Å². The SMILES string of the molecule is CC(C)(C)C(=O)CNC(=O)COc1ccc(Cl)cc1Cl. The second kappa shape index (κ2) is 6.95. The van der Waals surface area contributed by atoms with E-state index in [2.05, 4.69) is 5.32 Å². The van der Waals surface area contributed by atoms with E-state index in [-0.39, 0.29) is 24.8 Å². The quantitative estimate of drug-likeness (QED) is 0.907. The Morgan fingerprint density at radius 2 is 1.90 bits per heavy atom. The monoisotopic (exact) mass is 317 g/mol. The van der Waals surface area contributed by atoms with Crippen LogP contribution in [0.3, 0.4) is 0 Å². The molecule has 0 bridgehead atoms. The molecule has 0 aliphatic heterocycles. The molecular weight excluding hydrogens is 301 g/mol. The maximum Gasteiger partial charge on any atom is 0.258 e. The third-order valence-corrected chi connectivity index (χ3v) is 3.07. The molecular formula is C14H17Cl2NO3. The molecule has 0 atom stereocenters. The number of hydrogen-bond donors (Lipinski definition) is 1. The summed E-state index contributed by atoms with van der Waals surface area (Å²) in [6, 6.07) is 4.72. The van der Waals surface area contributed by atoms with Crippen molar-refractivity contribution in [2.45, 2.75) is 20.8 Å². The molecule has 1 N–H and O–H groups in total. The van der Waals surface area contributed by atoms with E-state index in [0.717, 1.165) is 0 Å². The van der Waals surface area contributed by atoms with Crippen LogP contribution in [0.15, 0.2) is 18.2 Å². The molecule has 1 aromatic rings. The van der Waals surface area contributed by atoms with Gasteiger partial charge in [-0.05, 0) is 18.2 Å². The highest BCUT2D eigenvalue weighted by atomic mass is 35.5. The number of carbonyl (C=O) groups is 2. The zero-order valence-corrected chi connectivity index (χ0v) is 13.1. The van der Waals surface area contributed by atoms with Gasteiger partial charge in [0.1, 0.15) is 5.75 Å². The molecule has 110 valence electrons. The second-order valence-corrected chi connectivity index (χ2v) is 6.16. The zero-order valence-electron chi connectivity index (χ0n) is 11.6. The number of rotatable bonds is 5. The number of amides is 1. The second-order valence-electron chi connectivity index (χ2n) is 5.31. The molecule has 0 aliphatic rings. The Morgan fingerprint density at radius 1 is 1.25 bits per heavy atom. The standard InChI is InChI=1S/C14H17Cl2NO3/c1-14(2,3)12(18)7-17-13(19)8-20-11-5-4-9(15)6-10(11)16/h4-6H,7-8H2,1-3H3,(H,17,19). The van der Waals surface area contributed by atoms with Gasteiger partial charge in [0.05, 0.1) is 11.6 Å². The van der Waals surface area contributed by atoms with Crippen LogP contribution in [0.5, 0.6) is 5.75 Å². The van der Waals surface area contributed by atoms with E-state index in [4.69, 9.17) is 27.9 Å². The van der Waals surface area contributed by atoms with Gasteiger partial charge >= 0.3 is 0 Å². The summed E-state index contributed by atoms with van der Waals surface area (Å²) in [5, 5.41) is 3.33. The Bertz CT molecular complexity index is 510. The van der Waals surface area contributed by atoms with Gasteiger partial charge in [-0.15, -0.1) is 0 Å². The van der Waals surface area contributed by atoms with Crippen LogP contribution in [-0.4, -0.2) is 24.8 Å². The molecule has 0 unspecified atom stereocenters. The van der Waals surface area contributed by atoms with Gasteiger partial charge < -0.3 is 10.1 Å². The third-order valence-electron chi connectivity index (χ3n) is 2.54. The Balaban J connectivity index is 2.42. The number of nitrogens with one attached hydrogen (secondary N) is 1. The summed E-state index contributed by atoms with van der Waals surface area (Å²) < 4.78 is 5.26. The number of benzene rings is 1. The van der Waals surface area contributed by atoms with Crippen molar-refractivity contribution in [3.63, 3.8) is 0 Å². The molecule has 0 radical (unpaired) electrons. The molecule has 0 saturated heterocycles. The highest BCUT2D eigenvalue weighted by Gasteiger charge is 2.21. The summed E-state index contributed by atoms with van der Waals surface area (Å²) in [6.07, 6.45) is 0. The first kappa shape index (κ1) is 16.8. The van der Waals surface area contributed by atoms with Crippen LogP contribution in [0.25, 0.3) is 0 Å². The minimum atomic E-state index is -0.479. The van der Waals surface area contributed by atoms with E-state index in [9.17, 15) is 9.59 Å². The highest BCUT2D eigenvalue weighted by molar-refractivity contribution is 6.35. The number of ether oxygens (including phenoxy) is 1. The first-order valence-electron chi connectivity index (χ1n) is 6.08. The van der Waals surface area contributed by atoms with Gasteiger partial charge in [-0.25, -0.2) is 0 Å². The topological polar surface area (TPSA) is 55.4 Å². The lowest BCUT2D eigenvalue weighted by atomic mass is 9.91. The fourth-order valence-corrected chi connectivity index (χ4v) is 1.69. The van der Waals surface area contributed by atoms with Crippen molar-refractivity contribution in [1.82, 2.24) is 5.32 Å². The molecule has 0 aliphatic carbocycles. The van der Waals surface area contributed by atoms with Gasteiger partial charge in [-0.2, -0.15) is 0 Å². The van der Waals surface area contributed by atoms with Crippen molar-refractivity contribution >= 4 is 34.9 Å². The van der Waals surface area contributed by atoms with Gasteiger partial charge in [-0.1, -0.05) is 44.0 Å². The summed E-state index contributed by atoms with van der Waals surface area (Å²) in [7, 11) is 0. The lowest BCUT2D eigenvalue weighted by molar-refractivity contribution is -0.129. The predicted octanol–water partition coefficient (Wildman–Crippen LogP) is 3.10. The number of hydrogen-bond acceptors (Lipinski definition) is 3. The summed E-state index contributed by atoms with van der Waals surface area (Å²) in [4.78, 5) is 23.2. The fourth-order valence-electron chi connectivity index (χ4n) is 1.23. The summed E-state index contributed by atoms with van der Waals surface area (Å²) >= 11 is 11.7. The maximum absolute atomic E-state index is 11.6. The lowest BCUT2D eigenvalue weighted by Gasteiger charge is -2.16. The van der Waals surface area contributed by atoms with Crippen molar-refractivity contribution in [2.24, 2.45) is 5.41 Å². The van der Waals surface area contributed by atoms with Crippen molar-refractivity contribution < 1.29 is 14.3 Å². The molecule has 4 nitrogen and oxygen atoms in total. The first-order chi connectivity index (χ1) is 9.20. The van der Waals surface area contributed by atoms with Crippen LogP contribution < -0.4 is 10.1 Å². The molecule has 0 saturated carbocycles. The number of Topliss-reactive ketones (excluding diaryl/α,β-unsaturated/α-hetero) is 1. The Labute approximate surface area is 128 Å². The normalized spacial score (nSPS) is 11.1. The van der Waals surface area contributed by atoms with Crippen molar-refractivity contribution in [1.29, 1.82) is 0 Å². The number of carbonyl (C=O) groups excluding carboxylic acids is 2. The van der Waals surface area contributed by atoms with Crippen molar-refractivity contribution in [3.05, 3.63) is 28.2 Å². The Kier molecular flexibility index (Phi) is 5.84. The molecule has 0 heterocycles. The molecule has 0 spiro atoms. The minimum Gasteiger partial charge on any atom is -0.482 e. The molecule has 20 heavy (non-hydrogen) atoms. The van der Waals surface area contributed by atoms with Gasteiger partial charge in [0, 0.05) is 10.4 Å². The lowest BCUT2D eigenvalue weighted by Crippen LogP contribution is -2.37. The van der Waals surface area contributed by atoms with Gasteiger partial charge in [0.2, 0.25) is 0 Å². The van der Waals surface area contributed by atoms with E-state index >= 15 is 0 Å². The highest BCUT2D eigenvalue weighted by Crippen LogP contribution is 2.27. The number of halogens is 2. The van der Waals surface area contributed by atoms with Gasteiger partial charge in [-0.3, -0.25) is 9.59 Å². The van der Waals surface area contributed by atoms with Crippen LogP contribution >= 0.6 is 23.2 Å². The van der Waals surface area contributed by atoms with E-state index in [1.807, 2.05) is 0 Å². The molecule has 6 heteroatoms. The van der Waals surface area contributed by atoms with Crippen LogP contribution in [0.2, 0.25) is 10.0 Å². The van der Waals surface area contributed by atoms with Gasteiger partial charge in [0.25, 0.3) is 5.91 Å². The van der Waals surface area contributed by atoms with Crippen molar-refractivity contribution in [3.8, 4) is 5.75 Å². The maximum atomic E-state index is 11.6. The van der Waals surface area contributed by atoms with Gasteiger partial charge in [0.15, 0.2) is 12.4 Å². The van der Waals surface area contributed by atoms with Crippen LogP contribution in [-0.2, 0) is 9.59 Å². The van der Waals surface area contributed by atoms with E-state index < -0.39 is 5.41 Å². The molecule has 1 aromatic carbocycles. The summed E-state index contributed by atoms with van der Waals surface area (Å²) in [6.45, 7) is 5.17. The predicted molar refractivity (Wildman–Crippen MR) is 79.4 cm³/mol. The fraction of sp³-hybridized carbons (Fsp3) is 0.429. The van der Waals surface area contributed by atoms with E-state index in [1.165, 1.54) is 6.07 Å². The van der Waals surface area contributed by atoms with E-state index in [1.54, 1.807) is 32.9 Å². The van der Waals surface area contributed by atoms with Crippen LogP contribution in [0.4, 0.5) is 0 Å². The van der Waals surface area contributed by atoms with Crippen molar-refractivity contribution in [2.75, 3.05) is 13.2 Å². The molecule has 1 rings (SSSR count).